The number of likely N-dealkylation sites (N-methyl/N-ethyl adjacent to an activating group) is 1. The van der Waals surface area contributed by atoms with Crippen LogP contribution in [-0.2, 0) is 11.2 Å². The van der Waals surface area contributed by atoms with Gasteiger partial charge in [-0.05, 0) is 37.9 Å². The number of carboxylic acids is 1. The van der Waals surface area contributed by atoms with Crippen LogP contribution in [0.25, 0.3) is 0 Å². The first-order chi connectivity index (χ1) is 9.56. The van der Waals surface area contributed by atoms with Crippen LogP contribution >= 0.6 is 0 Å². The molecule has 0 spiro atoms. The van der Waals surface area contributed by atoms with Gasteiger partial charge in [-0.1, -0.05) is 18.2 Å². The third kappa shape index (κ3) is 4.35. The van der Waals surface area contributed by atoms with Gasteiger partial charge in [0.25, 0.3) is 0 Å². The van der Waals surface area contributed by atoms with Gasteiger partial charge in [0.15, 0.2) is 0 Å². The van der Waals surface area contributed by atoms with Gasteiger partial charge >= 0.3 is 5.97 Å². The number of carboxylic acid groups (broad SMARTS) is 1. The minimum atomic E-state index is -0.908. The molecule has 5 heteroatoms. The largest absolute Gasteiger partial charge is 0.478 e. The molecule has 1 aromatic carbocycles. The fraction of sp³-hybridized carbons (Fsp3) is 0.467. The van der Waals surface area contributed by atoms with Gasteiger partial charge in [0.2, 0.25) is 5.91 Å². The van der Waals surface area contributed by atoms with Crippen molar-refractivity contribution < 1.29 is 14.7 Å². The van der Waals surface area contributed by atoms with E-state index in [1.54, 1.807) is 12.1 Å². The SMILES string of the molecule is CN(CCc1ccccc1C(=O)O)CC(=O)NC1CC1. The van der Waals surface area contributed by atoms with Crippen molar-refractivity contribution in [3.8, 4) is 0 Å². The summed E-state index contributed by atoms with van der Waals surface area (Å²) < 4.78 is 0. The molecular weight excluding hydrogens is 256 g/mol. The average molecular weight is 276 g/mol. The first kappa shape index (κ1) is 14.5. The normalized spacial score (nSPS) is 14.3. The molecule has 1 fully saturated rings. The van der Waals surface area contributed by atoms with Crippen LogP contribution in [0.2, 0.25) is 0 Å². The van der Waals surface area contributed by atoms with E-state index in [1.165, 1.54) is 0 Å². The van der Waals surface area contributed by atoms with Crippen LogP contribution in [0.5, 0.6) is 0 Å². The van der Waals surface area contributed by atoms with Crippen molar-refractivity contribution in [3.63, 3.8) is 0 Å². The molecule has 0 aromatic heterocycles. The lowest BCUT2D eigenvalue weighted by Crippen LogP contribution is -2.37. The molecule has 20 heavy (non-hydrogen) atoms. The average Bonchev–Trinajstić information content (AvgIpc) is 3.20. The van der Waals surface area contributed by atoms with Crippen LogP contribution in [0.3, 0.4) is 0 Å². The number of hydrogen-bond donors (Lipinski definition) is 2. The second-order valence-corrected chi connectivity index (χ2v) is 5.29. The Morgan fingerprint density at radius 1 is 1.35 bits per heavy atom. The van der Waals surface area contributed by atoms with Crippen molar-refractivity contribution in [2.24, 2.45) is 0 Å². The lowest BCUT2D eigenvalue weighted by atomic mass is 10.0. The summed E-state index contributed by atoms with van der Waals surface area (Å²) in [6, 6.07) is 7.36. The number of nitrogens with one attached hydrogen (secondary N) is 1. The molecule has 5 nitrogen and oxygen atoms in total. The first-order valence-corrected chi connectivity index (χ1v) is 6.85. The van der Waals surface area contributed by atoms with E-state index in [-0.39, 0.29) is 5.91 Å². The van der Waals surface area contributed by atoms with Gasteiger partial charge in [0.05, 0.1) is 12.1 Å². The number of rotatable bonds is 7. The van der Waals surface area contributed by atoms with Crippen molar-refractivity contribution in [2.75, 3.05) is 20.1 Å². The second-order valence-electron chi connectivity index (χ2n) is 5.29. The molecule has 1 aliphatic rings. The molecule has 1 aromatic rings. The van der Waals surface area contributed by atoms with E-state index in [1.807, 2.05) is 24.1 Å². The number of benzene rings is 1. The van der Waals surface area contributed by atoms with Gasteiger partial charge in [-0.3, -0.25) is 9.69 Å². The highest BCUT2D eigenvalue weighted by molar-refractivity contribution is 5.89. The first-order valence-electron chi connectivity index (χ1n) is 6.85. The molecule has 0 radical (unpaired) electrons. The molecule has 1 saturated carbocycles. The highest BCUT2D eigenvalue weighted by atomic mass is 16.4. The van der Waals surface area contributed by atoms with Crippen molar-refractivity contribution in [1.29, 1.82) is 0 Å². The molecule has 0 atom stereocenters. The van der Waals surface area contributed by atoms with Gasteiger partial charge in [-0.2, -0.15) is 0 Å². The highest BCUT2D eigenvalue weighted by Gasteiger charge is 2.23. The molecule has 1 aliphatic carbocycles. The molecular formula is C15H20N2O3. The number of nitrogens with zero attached hydrogens (tertiary/aromatic N) is 1. The Bertz CT molecular complexity index is 498. The second kappa shape index (κ2) is 6.52. The summed E-state index contributed by atoms with van der Waals surface area (Å²) in [5, 5.41) is 12.0. The number of hydrogen-bond acceptors (Lipinski definition) is 3. The molecule has 0 saturated heterocycles. The van der Waals surface area contributed by atoms with E-state index in [2.05, 4.69) is 5.32 Å². The van der Waals surface area contributed by atoms with Crippen LogP contribution in [0.15, 0.2) is 24.3 Å². The van der Waals surface area contributed by atoms with Crippen LogP contribution in [0.4, 0.5) is 0 Å². The number of carbonyl (C=O) groups excluding carboxylic acids is 1. The lowest BCUT2D eigenvalue weighted by molar-refractivity contribution is -0.122. The fourth-order valence-corrected chi connectivity index (χ4v) is 2.08. The van der Waals surface area contributed by atoms with Gasteiger partial charge in [-0.25, -0.2) is 4.79 Å². The van der Waals surface area contributed by atoms with Gasteiger partial charge in [0.1, 0.15) is 0 Å². The van der Waals surface area contributed by atoms with E-state index in [0.717, 1.165) is 18.4 Å². The molecule has 2 N–H and O–H groups in total. The Kier molecular flexibility index (Phi) is 4.74. The summed E-state index contributed by atoms with van der Waals surface area (Å²) in [6.07, 6.45) is 2.79. The summed E-state index contributed by atoms with van der Waals surface area (Å²) in [7, 11) is 1.87. The summed E-state index contributed by atoms with van der Waals surface area (Å²) in [5.41, 5.74) is 1.14. The van der Waals surface area contributed by atoms with Crippen LogP contribution < -0.4 is 5.32 Å². The standard InChI is InChI=1S/C15H20N2O3/c1-17(10-14(18)16-12-6-7-12)9-8-11-4-2-3-5-13(11)15(19)20/h2-5,12H,6-10H2,1H3,(H,16,18)(H,19,20). The smallest absolute Gasteiger partial charge is 0.335 e. The maximum absolute atomic E-state index is 11.6. The number of aromatic carboxylic acids is 1. The molecule has 108 valence electrons. The predicted molar refractivity (Wildman–Crippen MR) is 75.8 cm³/mol. The summed E-state index contributed by atoms with van der Waals surface area (Å²) in [4.78, 5) is 24.7. The summed E-state index contributed by atoms with van der Waals surface area (Å²) in [5.74, 6) is -0.865. The van der Waals surface area contributed by atoms with Crippen LogP contribution in [0, 0.1) is 0 Å². The Labute approximate surface area is 118 Å². The summed E-state index contributed by atoms with van der Waals surface area (Å²) >= 11 is 0. The van der Waals surface area contributed by atoms with E-state index >= 15 is 0 Å². The number of amides is 1. The molecule has 0 unspecified atom stereocenters. The Morgan fingerprint density at radius 2 is 2.05 bits per heavy atom. The zero-order valence-electron chi connectivity index (χ0n) is 11.6. The lowest BCUT2D eigenvalue weighted by Gasteiger charge is -2.16. The van der Waals surface area contributed by atoms with E-state index < -0.39 is 5.97 Å². The van der Waals surface area contributed by atoms with Gasteiger partial charge < -0.3 is 10.4 Å². The van der Waals surface area contributed by atoms with E-state index in [0.29, 0.717) is 31.1 Å². The van der Waals surface area contributed by atoms with Crippen molar-refractivity contribution in [2.45, 2.75) is 25.3 Å². The third-order valence-corrected chi connectivity index (χ3v) is 3.37. The minimum absolute atomic E-state index is 0.0431. The molecule has 0 heterocycles. The summed E-state index contributed by atoms with van der Waals surface area (Å²) in [6.45, 7) is 1.01. The zero-order chi connectivity index (χ0) is 14.5. The molecule has 2 rings (SSSR count). The van der Waals surface area contributed by atoms with Crippen molar-refractivity contribution in [3.05, 3.63) is 35.4 Å². The monoisotopic (exact) mass is 276 g/mol. The van der Waals surface area contributed by atoms with Crippen LogP contribution in [0.1, 0.15) is 28.8 Å². The zero-order valence-corrected chi connectivity index (χ0v) is 11.6. The quantitative estimate of drug-likeness (QED) is 0.783. The highest BCUT2D eigenvalue weighted by Crippen LogP contribution is 2.18. The molecule has 0 aliphatic heterocycles. The topological polar surface area (TPSA) is 69.6 Å². The van der Waals surface area contributed by atoms with Gasteiger partial charge in [0, 0.05) is 12.6 Å². The predicted octanol–water partition coefficient (Wildman–Crippen LogP) is 1.14. The van der Waals surface area contributed by atoms with Crippen LogP contribution in [-0.4, -0.2) is 48.1 Å². The molecule has 1 amide bonds. The van der Waals surface area contributed by atoms with Crippen molar-refractivity contribution in [1.82, 2.24) is 10.2 Å². The maximum Gasteiger partial charge on any atom is 0.335 e. The third-order valence-electron chi connectivity index (χ3n) is 3.37. The minimum Gasteiger partial charge on any atom is -0.478 e. The fourth-order valence-electron chi connectivity index (χ4n) is 2.08. The Morgan fingerprint density at radius 3 is 2.70 bits per heavy atom. The van der Waals surface area contributed by atoms with E-state index in [9.17, 15) is 9.59 Å². The Hall–Kier alpha value is -1.88. The maximum atomic E-state index is 11.6. The van der Waals surface area contributed by atoms with Crippen molar-refractivity contribution >= 4 is 11.9 Å². The van der Waals surface area contributed by atoms with E-state index in [4.69, 9.17) is 5.11 Å². The molecule has 0 bridgehead atoms. The Balaban J connectivity index is 1.81. The van der Waals surface area contributed by atoms with Gasteiger partial charge in [-0.15, -0.1) is 0 Å². The number of carbonyl (C=O) groups is 2.